The maximum atomic E-state index is 12.8. The molecule has 0 aliphatic heterocycles. The van der Waals surface area contributed by atoms with Crippen molar-refractivity contribution < 1.29 is 22.8 Å². The maximum Gasteiger partial charge on any atom is 0.416 e. The Morgan fingerprint density at radius 1 is 0.882 bits per heavy atom. The van der Waals surface area contributed by atoms with Gasteiger partial charge in [0.05, 0.1) is 16.6 Å². The topological polar surface area (TPSA) is 86.9 Å². The zero-order chi connectivity index (χ0) is 24.3. The molecule has 4 rings (SSSR count). The molecule has 0 radical (unpaired) electrons. The normalized spacial score (nSPS) is 11.4. The molecule has 2 amide bonds. The van der Waals surface area contributed by atoms with E-state index < -0.39 is 17.6 Å². The Balaban J connectivity index is 1.30. The molecule has 34 heavy (non-hydrogen) atoms. The monoisotopic (exact) mass is 466 g/mol. The molecule has 174 valence electrons. The number of benzene rings is 3. The summed E-state index contributed by atoms with van der Waals surface area (Å²) < 4.78 is 38.3. The quantitative estimate of drug-likeness (QED) is 0.330. The fourth-order valence-corrected chi connectivity index (χ4v) is 3.42. The van der Waals surface area contributed by atoms with Gasteiger partial charge in [-0.05, 0) is 67.1 Å². The van der Waals surface area contributed by atoms with Crippen molar-refractivity contribution in [1.29, 1.82) is 0 Å². The zero-order valence-electron chi connectivity index (χ0n) is 18.2. The van der Waals surface area contributed by atoms with Gasteiger partial charge in [0.15, 0.2) is 0 Å². The first-order valence-electron chi connectivity index (χ1n) is 10.5. The van der Waals surface area contributed by atoms with Crippen molar-refractivity contribution in [2.75, 3.05) is 10.6 Å². The van der Waals surface area contributed by atoms with Crippen LogP contribution >= 0.6 is 0 Å². The summed E-state index contributed by atoms with van der Waals surface area (Å²) in [5.74, 6) is -0.221. The van der Waals surface area contributed by atoms with Crippen LogP contribution in [-0.4, -0.2) is 21.8 Å². The number of hydrogen-bond acceptors (Lipinski definition) is 3. The number of fused-ring (bicyclic) bond motifs is 1. The number of nitrogens with zero attached hydrogens (tertiary/aromatic N) is 1. The van der Waals surface area contributed by atoms with Crippen molar-refractivity contribution in [2.24, 2.45) is 0 Å². The minimum Gasteiger partial charge on any atom is -0.338 e. The van der Waals surface area contributed by atoms with Crippen molar-refractivity contribution in [3.63, 3.8) is 0 Å². The van der Waals surface area contributed by atoms with Gasteiger partial charge in [-0.25, -0.2) is 4.98 Å². The van der Waals surface area contributed by atoms with E-state index in [0.29, 0.717) is 11.5 Å². The molecule has 0 saturated carbocycles. The van der Waals surface area contributed by atoms with Crippen LogP contribution in [0.1, 0.15) is 24.0 Å². The summed E-state index contributed by atoms with van der Waals surface area (Å²) in [6.45, 7) is 2.01. The van der Waals surface area contributed by atoms with Crippen LogP contribution in [0.2, 0.25) is 0 Å². The fourth-order valence-electron chi connectivity index (χ4n) is 3.42. The number of hydrogen-bond donors (Lipinski definition) is 3. The van der Waals surface area contributed by atoms with Gasteiger partial charge in [0, 0.05) is 29.8 Å². The van der Waals surface area contributed by atoms with Crippen LogP contribution in [0.4, 0.5) is 24.5 Å². The second-order valence-electron chi connectivity index (χ2n) is 7.86. The van der Waals surface area contributed by atoms with E-state index in [1.807, 2.05) is 37.3 Å². The summed E-state index contributed by atoms with van der Waals surface area (Å²) >= 11 is 0. The van der Waals surface area contributed by atoms with Crippen LogP contribution < -0.4 is 10.6 Å². The molecule has 0 saturated heterocycles. The minimum atomic E-state index is -4.50. The Hall–Kier alpha value is -4.14. The van der Waals surface area contributed by atoms with Gasteiger partial charge in [-0.2, -0.15) is 13.2 Å². The molecule has 9 heteroatoms. The first-order valence-corrected chi connectivity index (χ1v) is 10.5. The fraction of sp³-hybridized carbons (Fsp3) is 0.160. The number of aromatic amines is 1. The lowest BCUT2D eigenvalue weighted by molar-refractivity contribution is -0.137. The van der Waals surface area contributed by atoms with Gasteiger partial charge in [0.25, 0.3) is 0 Å². The molecule has 3 N–H and O–H groups in total. The number of nitrogens with one attached hydrogen (secondary N) is 3. The predicted octanol–water partition coefficient (Wildman–Crippen LogP) is 5.91. The standard InChI is InChI=1S/C25H21F3N4O2/c1-15-5-10-20-21(13-15)32-24(31-20)16-6-8-18(9-7-16)29-22(33)11-12-23(34)30-19-4-2-3-17(14-19)25(26,27)28/h2-10,13-14H,11-12H2,1H3,(H,29,33)(H,30,34)(H,31,32). The Labute approximate surface area is 193 Å². The summed E-state index contributed by atoms with van der Waals surface area (Å²) in [7, 11) is 0. The van der Waals surface area contributed by atoms with Gasteiger partial charge >= 0.3 is 6.18 Å². The third-order valence-electron chi connectivity index (χ3n) is 5.13. The second kappa shape index (κ2) is 9.38. The van der Waals surface area contributed by atoms with E-state index in [4.69, 9.17) is 0 Å². The predicted molar refractivity (Wildman–Crippen MR) is 124 cm³/mol. The largest absolute Gasteiger partial charge is 0.416 e. The molecule has 0 atom stereocenters. The van der Waals surface area contributed by atoms with Crippen molar-refractivity contribution in [2.45, 2.75) is 25.9 Å². The van der Waals surface area contributed by atoms with Gasteiger partial charge < -0.3 is 15.6 Å². The van der Waals surface area contributed by atoms with E-state index >= 15 is 0 Å². The van der Waals surface area contributed by atoms with Crippen molar-refractivity contribution in [3.8, 4) is 11.4 Å². The lowest BCUT2D eigenvalue weighted by Crippen LogP contribution is -2.17. The summed E-state index contributed by atoms with van der Waals surface area (Å²) in [6, 6.07) is 17.4. The summed E-state index contributed by atoms with van der Waals surface area (Å²) in [6.07, 6.45) is -4.78. The molecule has 0 fully saturated rings. The number of carbonyl (C=O) groups is 2. The van der Waals surface area contributed by atoms with Gasteiger partial charge in [0.2, 0.25) is 11.8 Å². The van der Waals surface area contributed by atoms with Crippen molar-refractivity contribution in [1.82, 2.24) is 9.97 Å². The summed E-state index contributed by atoms with van der Waals surface area (Å²) in [5.41, 5.74) is 3.51. The van der Waals surface area contributed by atoms with Crippen LogP contribution in [-0.2, 0) is 15.8 Å². The van der Waals surface area contributed by atoms with Gasteiger partial charge in [-0.3, -0.25) is 9.59 Å². The highest BCUT2D eigenvalue weighted by Gasteiger charge is 2.30. The van der Waals surface area contributed by atoms with E-state index in [1.165, 1.54) is 12.1 Å². The van der Waals surface area contributed by atoms with E-state index in [0.717, 1.165) is 34.3 Å². The third kappa shape index (κ3) is 5.61. The highest BCUT2D eigenvalue weighted by atomic mass is 19.4. The number of amides is 2. The van der Waals surface area contributed by atoms with E-state index in [-0.39, 0.29) is 24.4 Å². The van der Waals surface area contributed by atoms with Crippen molar-refractivity contribution in [3.05, 3.63) is 77.9 Å². The SMILES string of the molecule is Cc1ccc2nc(-c3ccc(NC(=O)CCC(=O)Nc4cccc(C(F)(F)F)c4)cc3)[nH]c2c1. The maximum absolute atomic E-state index is 12.8. The molecule has 0 unspecified atom stereocenters. The highest BCUT2D eigenvalue weighted by Crippen LogP contribution is 2.30. The van der Waals surface area contributed by atoms with Gasteiger partial charge in [0.1, 0.15) is 5.82 Å². The Morgan fingerprint density at radius 3 is 2.24 bits per heavy atom. The first-order chi connectivity index (χ1) is 16.2. The average Bonchev–Trinajstić information content (AvgIpc) is 3.21. The van der Waals surface area contributed by atoms with E-state index in [9.17, 15) is 22.8 Å². The van der Waals surface area contributed by atoms with E-state index in [1.54, 1.807) is 12.1 Å². The summed E-state index contributed by atoms with van der Waals surface area (Å²) in [4.78, 5) is 32.1. The number of halogens is 3. The van der Waals surface area contributed by atoms with Gasteiger partial charge in [-0.15, -0.1) is 0 Å². The molecular formula is C25H21F3N4O2. The molecule has 6 nitrogen and oxygen atoms in total. The number of anilines is 2. The molecule has 4 aromatic rings. The number of aryl methyl sites for hydroxylation is 1. The van der Waals surface area contributed by atoms with Crippen LogP contribution in [0.3, 0.4) is 0 Å². The molecule has 3 aromatic carbocycles. The number of aromatic nitrogens is 2. The van der Waals surface area contributed by atoms with E-state index in [2.05, 4.69) is 20.6 Å². The Morgan fingerprint density at radius 2 is 1.56 bits per heavy atom. The average molecular weight is 466 g/mol. The Kier molecular flexibility index (Phi) is 6.36. The zero-order valence-corrected chi connectivity index (χ0v) is 18.2. The number of H-pyrrole nitrogens is 1. The summed E-state index contributed by atoms with van der Waals surface area (Å²) in [5, 5.41) is 5.09. The first kappa shape index (κ1) is 23.0. The van der Waals surface area contributed by atoms with Crippen LogP contribution in [0.5, 0.6) is 0 Å². The molecule has 0 aliphatic rings. The Bertz CT molecular complexity index is 1340. The highest BCUT2D eigenvalue weighted by molar-refractivity contribution is 5.97. The molecule has 0 aliphatic carbocycles. The number of rotatable bonds is 6. The molecule has 0 bridgehead atoms. The van der Waals surface area contributed by atoms with Gasteiger partial charge in [-0.1, -0.05) is 12.1 Å². The molecule has 1 aromatic heterocycles. The van der Waals surface area contributed by atoms with Crippen LogP contribution in [0.15, 0.2) is 66.7 Å². The second-order valence-corrected chi connectivity index (χ2v) is 7.86. The molecule has 0 spiro atoms. The van der Waals surface area contributed by atoms with Crippen LogP contribution in [0.25, 0.3) is 22.4 Å². The molecular weight excluding hydrogens is 445 g/mol. The number of imidazole rings is 1. The smallest absolute Gasteiger partial charge is 0.338 e. The lowest BCUT2D eigenvalue weighted by Gasteiger charge is -2.10. The number of carbonyl (C=O) groups excluding carboxylic acids is 2. The third-order valence-corrected chi connectivity index (χ3v) is 5.13. The number of alkyl halides is 3. The lowest BCUT2D eigenvalue weighted by atomic mass is 10.2. The van der Waals surface area contributed by atoms with Crippen LogP contribution in [0, 0.1) is 6.92 Å². The molecule has 1 heterocycles. The minimum absolute atomic E-state index is 0.0246. The van der Waals surface area contributed by atoms with Crippen molar-refractivity contribution >= 4 is 34.2 Å².